The maximum atomic E-state index is 13.4. The van der Waals surface area contributed by atoms with Gasteiger partial charge in [0.1, 0.15) is 0 Å². The van der Waals surface area contributed by atoms with Crippen LogP contribution in [0, 0.1) is 11.3 Å². The molecule has 2 heterocycles. The topological polar surface area (TPSA) is 79.3 Å². The Kier molecular flexibility index (Phi) is 6.91. The molecular formula is C23H34N2O5. The Morgan fingerprint density at radius 2 is 2.10 bits per heavy atom. The third-order valence-corrected chi connectivity index (χ3v) is 5.60. The molecule has 0 aromatic heterocycles. The van der Waals surface area contributed by atoms with E-state index < -0.39 is 0 Å². The van der Waals surface area contributed by atoms with E-state index in [0.29, 0.717) is 50.8 Å². The van der Waals surface area contributed by atoms with E-state index >= 15 is 0 Å². The number of rotatable bonds is 5. The molecule has 7 heteroatoms. The third kappa shape index (κ3) is 4.89. The van der Waals surface area contributed by atoms with Gasteiger partial charge in [0.05, 0.1) is 25.9 Å². The molecule has 166 valence electrons. The average Bonchev–Trinajstić information content (AvgIpc) is 2.66. The van der Waals surface area contributed by atoms with Gasteiger partial charge in [-0.3, -0.25) is 9.59 Å². The fourth-order valence-corrected chi connectivity index (χ4v) is 4.37. The summed E-state index contributed by atoms with van der Waals surface area (Å²) in [5.74, 6) is 1.31. The third-order valence-electron chi connectivity index (χ3n) is 5.60. The number of para-hydroxylation sites is 1. The maximum absolute atomic E-state index is 13.4. The number of carbonyl (C=O) groups is 2. The van der Waals surface area contributed by atoms with Gasteiger partial charge in [-0.1, -0.05) is 32.9 Å². The molecule has 1 saturated heterocycles. The van der Waals surface area contributed by atoms with Gasteiger partial charge in [0.15, 0.2) is 11.5 Å². The number of carbonyl (C=O) groups excluding carboxylic acids is 2. The van der Waals surface area contributed by atoms with Crippen molar-refractivity contribution in [2.45, 2.75) is 46.6 Å². The summed E-state index contributed by atoms with van der Waals surface area (Å²) in [4.78, 5) is 29.6. The molecule has 1 aromatic rings. The summed E-state index contributed by atoms with van der Waals surface area (Å²) >= 11 is 0. The van der Waals surface area contributed by atoms with Crippen molar-refractivity contribution in [2.24, 2.45) is 11.3 Å². The summed E-state index contributed by atoms with van der Waals surface area (Å²) < 4.78 is 11.9. The van der Waals surface area contributed by atoms with Crippen LogP contribution in [0.15, 0.2) is 18.2 Å². The molecule has 3 rings (SSSR count). The lowest BCUT2D eigenvalue weighted by atomic mass is 9.85. The van der Waals surface area contributed by atoms with Crippen LogP contribution in [0.5, 0.6) is 11.5 Å². The first-order chi connectivity index (χ1) is 14.2. The first kappa shape index (κ1) is 22.4. The molecule has 0 radical (unpaired) electrons. The molecule has 0 spiro atoms. The van der Waals surface area contributed by atoms with Crippen molar-refractivity contribution in [3.8, 4) is 11.5 Å². The van der Waals surface area contributed by atoms with Crippen LogP contribution < -0.4 is 9.47 Å². The smallest absolute Gasteiger partial charge is 0.224 e. The Labute approximate surface area is 178 Å². The molecule has 2 aliphatic heterocycles. The van der Waals surface area contributed by atoms with E-state index in [1.807, 2.05) is 50.8 Å². The lowest BCUT2D eigenvalue weighted by Gasteiger charge is -2.45. The van der Waals surface area contributed by atoms with Gasteiger partial charge in [0, 0.05) is 44.0 Å². The van der Waals surface area contributed by atoms with Gasteiger partial charge in [0.2, 0.25) is 11.8 Å². The zero-order valence-electron chi connectivity index (χ0n) is 18.5. The number of hydrogen-bond donors (Lipinski definition) is 1. The van der Waals surface area contributed by atoms with Crippen molar-refractivity contribution in [1.82, 2.24) is 9.80 Å². The van der Waals surface area contributed by atoms with Crippen molar-refractivity contribution in [1.29, 1.82) is 0 Å². The Balaban J connectivity index is 2.03. The van der Waals surface area contributed by atoms with Gasteiger partial charge in [0.25, 0.3) is 0 Å². The second-order valence-electron chi connectivity index (χ2n) is 9.26. The standard InChI is InChI=1S/C23H34N2O5/c1-5-29-18-8-6-7-17-21-16(15-30-22(17)18)14-24(11-12-26)19(27)9-10-25(21)20(28)13-23(2,3)4/h6-8,16,21,26H,5,9-15H2,1-4H3/t16-,21-/m0/s1. The fourth-order valence-electron chi connectivity index (χ4n) is 4.37. The van der Waals surface area contributed by atoms with E-state index in [-0.39, 0.29) is 42.2 Å². The molecule has 0 unspecified atom stereocenters. The van der Waals surface area contributed by atoms with Gasteiger partial charge < -0.3 is 24.4 Å². The predicted molar refractivity (Wildman–Crippen MR) is 113 cm³/mol. The number of fused-ring (bicyclic) bond motifs is 3. The minimum atomic E-state index is -0.196. The van der Waals surface area contributed by atoms with E-state index in [9.17, 15) is 14.7 Å². The molecule has 0 aliphatic carbocycles. The van der Waals surface area contributed by atoms with E-state index in [1.165, 1.54) is 0 Å². The highest BCUT2D eigenvalue weighted by molar-refractivity contribution is 5.80. The van der Waals surface area contributed by atoms with Crippen molar-refractivity contribution >= 4 is 11.8 Å². The summed E-state index contributed by atoms with van der Waals surface area (Å²) in [6.07, 6.45) is 0.659. The van der Waals surface area contributed by atoms with Crippen molar-refractivity contribution in [2.75, 3.05) is 39.5 Å². The van der Waals surface area contributed by atoms with Crippen LogP contribution in [0.3, 0.4) is 0 Å². The Hall–Kier alpha value is -2.28. The summed E-state index contributed by atoms with van der Waals surface area (Å²) in [7, 11) is 0. The minimum absolute atomic E-state index is 0.0371. The Morgan fingerprint density at radius 1 is 1.33 bits per heavy atom. The second kappa shape index (κ2) is 9.25. The predicted octanol–water partition coefficient (Wildman–Crippen LogP) is 2.62. The average molecular weight is 419 g/mol. The SMILES string of the molecule is CCOc1cccc2c1OC[C@@H]1CN(CCO)C(=O)CCN(C(=O)CC(C)(C)C)[C@H]21. The van der Waals surface area contributed by atoms with Crippen LogP contribution in [0.1, 0.15) is 52.1 Å². The highest BCUT2D eigenvalue weighted by Gasteiger charge is 2.42. The van der Waals surface area contributed by atoms with E-state index in [0.717, 1.165) is 5.56 Å². The largest absolute Gasteiger partial charge is 0.490 e. The molecule has 0 bridgehead atoms. The van der Waals surface area contributed by atoms with Gasteiger partial charge in [-0.15, -0.1) is 0 Å². The van der Waals surface area contributed by atoms with Crippen LogP contribution in [0.25, 0.3) is 0 Å². The van der Waals surface area contributed by atoms with Crippen LogP contribution >= 0.6 is 0 Å². The molecule has 1 N–H and O–H groups in total. The number of hydrogen-bond acceptors (Lipinski definition) is 5. The van der Waals surface area contributed by atoms with Gasteiger partial charge in [-0.25, -0.2) is 0 Å². The first-order valence-corrected chi connectivity index (χ1v) is 10.8. The molecule has 30 heavy (non-hydrogen) atoms. The highest BCUT2D eigenvalue weighted by Crippen LogP contribution is 2.45. The van der Waals surface area contributed by atoms with Crippen LogP contribution in [-0.4, -0.2) is 66.2 Å². The first-order valence-electron chi connectivity index (χ1n) is 10.8. The number of aliphatic hydroxyl groups is 1. The molecule has 7 nitrogen and oxygen atoms in total. The number of aliphatic hydroxyl groups excluding tert-OH is 1. The molecule has 1 fully saturated rings. The monoisotopic (exact) mass is 418 g/mol. The van der Waals surface area contributed by atoms with Crippen molar-refractivity contribution < 1.29 is 24.2 Å². The Morgan fingerprint density at radius 3 is 2.77 bits per heavy atom. The zero-order valence-corrected chi connectivity index (χ0v) is 18.5. The lowest BCUT2D eigenvalue weighted by molar-refractivity contribution is -0.143. The molecule has 2 atom stereocenters. The number of amides is 2. The number of β-amino-alcohol motifs (C(OH)–C–C–N with tert-alkyl or cyclic N) is 1. The number of nitrogens with zero attached hydrogens (tertiary/aromatic N) is 2. The summed E-state index contributed by atoms with van der Waals surface area (Å²) in [5.41, 5.74) is 0.779. The van der Waals surface area contributed by atoms with Crippen LogP contribution in [-0.2, 0) is 9.59 Å². The molecule has 0 saturated carbocycles. The molecule has 1 aromatic carbocycles. The molecule has 2 amide bonds. The minimum Gasteiger partial charge on any atom is -0.490 e. The van der Waals surface area contributed by atoms with Crippen molar-refractivity contribution in [3.05, 3.63) is 23.8 Å². The lowest BCUT2D eigenvalue weighted by Crippen LogP contribution is -2.52. The van der Waals surface area contributed by atoms with Crippen LogP contribution in [0.2, 0.25) is 0 Å². The van der Waals surface area contributed by atoms with Gasteiger partial charge >= 0.3 is 0 Å². The summed E-state index contributed by atoms with van der Waals surface area (Å²) in [6, 6.07) is 5.61. The molecular weight excluding hydrogens is 384 g/mol. The van der Waals surface area contributed by atoms with Crippen LogP contribution in [0.4, 0.5) is 0 Å². The Bertz CT molecular complexity index is 773. The van der Waals surface area contributed by atoms with Crippen molar-refractivity contribution in [3.63, 3.8) is 0 Å². The van der Waals surface area contributed by atoms with Gasteiger partial charge in [-0.05, 0) is 18.4 Å². The number of benzene rings is 1. The summed E-state index contributed by atoms with van der Waals surface area (Å²) in [6.45, 7) is 10.00. The normalized spacial score (nSPS) is 21.8. The quantitative estimate of drug-likeness (QED) is 0.795. The van der Waals surface area contributed by atoms with Gasteiger partial charge in [-0.2, -0.15) is 0 Å². The zero-order chi connectivity index (χ0) is 21.9. The fraction of sp³-hybridized carbons (Fsp3) is 0.652. The van der Waals surface area contributed by atoms with E-state index in [1.54, 1.807) is 4.90 Å². The van der Waals surface area contributed by atoms with E-state index in [4.69, 9.17) is 9.47 Å². The maximum Gasteiger partial charge on any atom is 0.224 e. The second-order valence-corrected chi connectivity index (χ2v) is 9.26. The van der Waals surface area contributed by atoms with E-state index in [2.05, 4.69) is 0 Å². The highest BCUT2D eigenvalue weighted by atomic mass is 16.5. The molecule has 2 aliphatic rings. The summed E-state index contributed by atoms with van der Waals surface area (Å²) in [5, 5.41) is 9.41. The number of ether oxygens (including phenoxy) is 2.